The minimum Gasteiger partial charge on any atom is -0.452 e. The molecule has 1 saturated carbocycles. The van der Waals surface area contributed by atoms with Gasteiger partial charge in [0.05, 0.1) is 6.42 Å². The van der Waals surface area contributed by atoms with Gasteiger partial charge in [-0.05, 0) is 49.4 Å². The van der Waals surface area contributed by atoms with Crippen LogP contribution in [0.15, 0.2) is 24.3 Å². The predicted octanol–water partition coefficient (Wildman–Crippen LogP) is 3.33. The maximum Gasteiger partial charge on any atom is 0.308 e. The van der Waals surface area contributed by atoms with Crippen LogP contribution in [0.2, 0.25) is 5.02 Å². The van der Waals surface area contributed by atoms with Gasteiger partial charge in [-0.3, -0.25) is 14.4 Å². The Balaban J connectivity index is 1.70. The Kier molecular flexibility index (Phi) is 8.30. The van der Waals surface area contributed by atoms with Gasteiger partial charge in [-0.25, -0.2) is 0 Å². The van der Waals surface area contributed by atoms with Gasteiger partial charge in [0.1, 0.15) is 0 Å². The number of halogens is 1. The van der Waals surface area contributed by atoms with E-state index in [1.165, 1.54) is 6.42 Å². The summed E-state index contributed by atoms with van der Waals surface area (Å²) in [5.41, 5.74) is 0.460. The number of nitrogens with one attached hydrogen (secondary N) is 2. The molecule has 0 heterocycles. The topological polar surface area (TPSA) is 84.5 Å². The van der Waals surface area contributed by atoms with Gasteiger partial charge in [-0.15, -0.1) is 0 Å². The van der Waals surface area contributed by atoms with E-state index in [0.717, 1.165) is 12.8 Å². The molecule has 4 atom stereocenters. The van der Waals surface area contributed by atoms with Crippen molar-refractivity contribution in [3.05, 3.63) is 34.9 Å². The zero-order chi connectivity index (χ0) is 20.7. The van der Waals surface area contributed by atoms with Gasteiger partial charge in [0.25, 0.3) is 11.8 Å². The summed E-state index contributed by atoms with van der Waals surface area (Å²) in [7, 11) is 0. The first-order valence-corrected chi connectivity index (χ1v) is 10.2. The summed E-state index contributed by atoms with van der Waals surface area (Å²) in [4.78, 5) is 36.3. The molecule has 6 nitrogen and oxygen atoms in total. The number of hydrogen-bond acceptors (Lipinski definition) is 4. The van der Waals surface area contributed by atoms with Gasteiger partial charge in [-0.1, -0.05) is 38.3 Å². The van der Waals surface area contributed by atoms with Crippen LogP contribution in [0, 0.1) is 11.8 Å². The number of benzene rings is 1. The second kappa shape index (κ2) is 10.5. The van der Waals surface area contributed by atoms with Crippen molar-refractivity contribution >= 4 is 29.4 Å². The van der Waals surface area contributed by atoms with Crippen LogP contribution in [-0.4, -0.2) is 36.5 Å². The number of ether oxygens (including phenoxy) is 1. The average molecular weight is 409 g/mol. The summed E-state index contributed by atoms with van der Waals surface area (Å²) in [5, 5.41) is 6.20. The Bertz CT molecular complexity index is 692. The summed E-state index contributed by atoms with van der Waals surface area (Å²) >= 11 is 5.79. The van der Waals surface area contributed by atoms with Crippen LogP contribution >= 0.6 is 11.6 Å². The molecule has 1 aromatic carbocycles. The third-order valence-corrected chi connectivity index (χ3v) is 5.69. The van der Waals surface area contributed by atoms with Crippen molar-refractivity contribution < 1.29 is 19.1 Å². The van der Waals surface area contributed by atoms with Crippen molar-refractivity contribution in [2.45, 2.75) is 58.6 Å². The van der Waals surface area contributed by atoms with Crippen LogP contribution in [0.25, 0.3) is 0 Å². The fourth-order valence-corrected chi connectivity index (χ4v) is 3.50. The fraction of sp³-hybridized carbons (Fsp3) is 0.571. The third kappa shape index (κ3) is 6.51. The number of amides is 2. The predicted molar refractivity (Wildman–Crippen MR) is 108 cm³/mol. The number of carbonyl (C=O) groups is 3. The SMILES string of the molecule is C[C@@H]1[C@@H](C)CCC[C@H]1NC(=O)[C@@H](C)OC(=O)CCNC(=O)c1ccc(Cl)cc1. The molecule has 0 saturated heterocycles. The monoisotopic (exact) mass is 408 g/mol. The molecular formula is C21H29ClN2O4. The molecule has 0 bridgehead atoms. The Morgan fingerprint density at radius 1 is 1.18 bits per heavy atom. The highest BCUT2D eigenvalue weighted by Crippen LogP contribution is 2.29. The van der Waals surface area contributed by atoms with Crippen molar-refractivity contribution in [1.82, 2.24) is 10.6 Å². The van der Waals surface area contributed by atoms with Gasteiger partial charge < -0.3 is 15.4 Å². The van der Waals surface area contributed by atoms with E-state index >= 15 is 0 Å². The molecule has 0 radical (unpaired) electrons. The van der Waals surface area contributed by atoms with E-state index in [2.05, 4.69) is 24.5 Å². The summed E-state index contributed by atoms with van der Waals surface area (Å²) in [6, 6.07) is 6.58. The quantitative estimate of drug-likeness (QED) is 0.677. The highest BCUT2D eigenvalue weighted by Gasteiger charge is 2.30. The normalized spacial score (nSPS) is 22.8. The van der Waals surface area contributed by atoms with Crippen molar-refractivity contribution in [1.29, 1.82) is 0 Å². The largest absolute Gasteiger partial charge is 0.452 e. The lowest BCUT2D eigenvalue weighted by molar-refractivity contribution is -0.155. The molecule has 2 amide bonds. The van der Waals surface area contributed by atoms with Crippen molar-refractivity contribution in [3.8, 4) is 0 Å². The second-order valence-corrected chi connectivity index (χ2v) is 7.96. The van der Waals surface area contributed by atoms with Crippen LogP contribution < -0.4 is 10.6 Å². The summed E-state index contributed by atoms with van der Waals surface area (Å²) in [6.45, 7) is 6.04. The number of carbonyl (C=O) groups excluding carboxylic acids is 3. The highest BCUT2D eigenvalue weighted by molar-refractivity contribution is 6.30. The molecule has 2 N–H and O–H groups in total. The average Bonchev–Trinajstić information content (AvgIpc) is 2.65. The summed E-state index contributed by atoms with van der Waals surface area (Å²) in [6.07, 6.45) is 2.36. The molecule has 0 spiro atoms. The summed E-state index contributed by atoms with van der Waals surface area (Å²) in [5.74, 6) is -0.117. The maximum absolute atomic E-state index is 12.3. The molecule has 1 aromatic rings. The lowest BCUT2D eigenvalue weighted by atomic mass is 9.78. The Morgan fingerprint density at radius 3 is 2.54 bits per heavy atom. The molecule has 1 aliphatic rings. The van der Waals surface area contributed by atoms with Crippen LogP contribution in [0.4, 0.5) is 0 Å². The van der Waals surface area contributed by atoms with Gasteiger partial charge in [0.15, 0.2) is 6.10 Å². The standard InChI is InChI=1S/C21H29ClN2O4/c1-13-5-4-6-18(14(13)2)24-20(26)15(3)28-19(25)11-12-23-21(27)16-7-9-17(22)10-8-16/h7-10,13-15,18H,4-6,11-12H2,1-3H3,(H,23,27)(H,24,26)/t13-,14+,15+,18+/m0/s1. The fourth-order valence-electron chi connectivity index (χ4n) is 3.38. The molecule has 0 aliphatic heterocycles. The van der Waals surface area contributed by atoms with Gasteiger partial charge in [0.2, 0.25) is 0 Å². The molecule has 0 aromatic heterocycles. The van der Waals surface area contributed by atoms with Crippen LogP contribution in [0.1, 0.15) is 56.8 Å². The molecule has 1 aliphatic carbocycles. The van der Waals surface area contributed by atoms with Crippen molar-refractivity contribution in [2.24, 2.45) is 11.8 Å². The molecular weight excluding hydrogens is 380 g/mol. The number of rotatable bonds is 7. The molecule has 28 heavy (non-hydrogen) atoms. The lowest BCUT2D eigenvalue weighted by Gasteiger charge is -2.35. The lowest BCUT2D eigenvalue weighted by Crippen LogP contribution is -2.47. The van der Waals surface area contributed by atoms with E-state index in [-0.39, 0.29) is 30.8 Å². The minimum absolute atomic E-state index is 0.00614. The molecule has 7 heteroatoms. The first-order chi connectivity index (χ1) is 13.3. The molecule has 2 rings (SSSR count). The number of hydrogen-bond donors (Lipinski definition) is 2. The minimum atomic E-state index is -0.858. The number of esters is 1. The first kappa shape index (κ1) is 22.2. The Hall–Kier alpha value is -2.08. The first-order valence-electron chi connectivity index (χ1n) is 9.81. The zero-order valence-electron chi connectivity index (χ0n) is 16.7. The smallest absolute Gasteiger partial charge is 0.308 e. The maximum atomic E-state index is 12.3. The highest BCUT2D eigenvalue weighted by atomic mass is 35.5. The Labute approximate surface area is 171 Å². The Morgan fingerprint density at radius 2 is 1.86 bits per heavy atom. The van der Waals surface area contributed by atoms with E-state index in [9.17, 15) is 14.4 Å². The van der Waals surface area contributed by atoms with E-state index in [1.807, 2.05) is 0 Å². The van der Waals surface area contributed by atoms with Gasteiger partial charge in [-0.2, -0.15) is 0 Å². The molecule has 154 valence electrons. The van der Waals surface area contributed by atoms with E-state index in [4.69, 9.17) is 16.3 Å². The van der Waals surface area contributed by atoms with Crippen LogP contribution in [0.3, 0.4) is 0 Å². The third-order valence-electron chi connectivity index (χ3n) is 5.43. The van der Waals surface area contributed by atoms with E-state index in [0.29, 0.717) is 22.4 Å². The van der Waals surface area contributed by atoms with Crippen LogP contribution in [-0.2, 0) is 14.3 Å². The van der Waals surface area contributed by atoms with Gasteiger partial charge >= 0.3 is 5.97 Å². The zero-order valence-corrected chi connectivity index (χ0v) is 17.4. The van der Waals surface area contributed by atoms with E-state index < -0.39 is 12.1 Å². The van der Waals surface area contributed by atoms with Gasteiger partial charge in [0, 0.05) is 23.2 Å². The van der Waals surface area contributed by atoms with E-state index in [1.54, 1.807) is 31.2 Å². The van der Waals surface area contributed by atoms with Crippen molar-refractivity contribution in [2.75, 3.05) is 6.54 Å². The second-order valence-electron chi connectivity index (χ2n) is 7.53. The van der Waals surface area contributed by atoms with Crippen molar-refractivity contribution in [3.63, 3.8) is 0 Å². The van der Waals surface area contributed by atoms with Crippen LogP contribution in [0.5, 0.6) is 0 Å². The summed E-state index contributed by atoms with van der Waals surface area (Å²) < 4.78 is 5.20. The molecule has 0 unspecified atom stereocenters. The molecule has 1 fully saturated rings.